The number of piperazine rings is 1. The number of hydrogen-bond acceptors (Lipinski definition) is 3. The van der Waals surface area contributed by atoms with Gasteiger partial charge in [-0.3, -0.25) is 9.59 Å². The van der Waals surface area contributed by atoms with Gasteiger partial charge in [0.15, 0.2) is 0 Å². The van der Waals surface area contributed by atoms with Crippen LogP contribution < -0.4 is 9.64 Å². The SMILES string of the molecule is COc1cccc(N2CCN(C(=O)c3ccccc3F)[C@@H](C)C2=O)c1. The van der Waals surface area contributed by atoms with Crippen LogP contribution in [0.4, 0.5) is 10.1 Å². The predicted octanol–water partition coefficient (Wildman–Crippen LogP) is 2.71. The number of rotatable bonds is 3. The molecule has 0 radical (unpaired) electrons. The lowest BCUT2D eigenvalue weighted by molar-refractivity contribution is -0.124. The molecule has 1 aliphatic heterocycles. The first-order valence-corrected chi connectivity index (χ1v) is 8.04. The van der Waals surface area contributed by atoms with Crippen molar-refractivity contribution in [3.05, 3.63) is 59.9 Å². The molecule has 1 heterocycles. The molecule has 2 aromatic carbocycles. The van der Waals surface area contributed by atoms with Gasteiger partial charge in [0.05, 0.1) is 12.7 Å². The topological polar surface area (TPSA) is 49.9 Å². The second kappa shape index (κ2) is 6.93. The normalized spacial score (nSPS) is 17.6. The van der Waals surface area contributed by atoms with Crippen LogP contribution >= 0.6 is 0 Å². The summed E-state index contributed by atoms with van der Waals surface area (Å²) in [5, 5.41) is 0. The van der Waals surface area contributed by atoms with E-state index in [1.165, 1.54) is 23.1 Å². The van der Waals surface area contributed by atoms with Crippen molar-refractivity contribution in [2.75, 3.05) is 25.1 Å². The monoisotopic (exact) mass is 342 g/mol. The molecule has 130 valence electrons. The fraction of sp³-hybridized carbons (Fsp3) is 0.263. The molecule has 2 amide bonds. The van der Waals surface area contributed by atoms with Crippen LogP contribution in [0.15, 0.2) is 48.5 Å². The molecule has 5 nitrogen and oxygen atoms in total. The van der Waals surface area contributed by atoms with Gasteiger partial charge in [-0.2, -0.15) is 0 Å². The molecule has 0 spiro atoms. The van der Waals surface area contributed by atoms with Gasteiger partial charge in [0.1, 0.15) is 17.6 Å². The summed E-state index contributed by atoms with van der Waals surface area (Å²) < 4.78 is 19.1. The van der Waals surface area contributed by atoms with E-state index in [1.807, 2.05) is 12.1 Å². The van der Waals surface area contributed by atoms with Gasteiger partial charge in [-0.05, 0) is 31.2 Å². The van der Waals surface area contributed by atoms with Crippen molar-refractivity contribution < 1.29 is 18.7 Å². The van der Waals surface area contributed by atoms with Crippen LogP contribution in [-0.2, 0) is 4.79 Å². The summed E-state index contributed by atoms with van der Waals surface area (Å²) in [4.78, 5) is 28.4. The van der Waals surface area contributed by atoms with Crippen molar-refractivity contribution in [3.63, 3.8) is 0 Å². The number of benzene rings is 2. The number of methoxy groups -OCH3 is 1. The summed E-state index contributed by atoms with van der Waals surface area (Å²) in [5.74, 6) is -0.598. The molecule has 0 saturated carbocycles. The highest BCUT2D eigenvalue weighted by molar-refractivity contribution is 6.03. The maximum atomic E-state index is 13.9. The average molecular weight is 342 g/mol. The maximum absolute atomic E-state index is 13.9. The average Bonchev–Trinajstić information content (AvgIpc) is 2.64. The highest BCUT2D eigenvalue weighted by Crippen LogP contribution is 2.25. The predicted molar refractivity (Wildman–Crippen MR) is 92.2 cm³/mol. The Morgan fingerprint density at radius 2 is 1.92 bits per heavy atom. The lowest BCUT2D eigenvalue weighted by atomic mass is 10.1. The summed E-state index contributed by atoms with van der Waals surface area (Å²) in [7, 11) is 1.56. The molecule has 1 aliphatic rings. The third-order valence-electron chi connectivity index (χ3n) is 4.39. The Morgan fingerprint density at radius 3 is 2.64 bits per heavy atom. The van der Waals surface area contributed by atoms with Crippen LogP contribution in [-0.4, -0.2) is 43.0 Å². The number of amides is 2. The van der Waals surface area contributed by atoms with E-state index in [4.69, 9.17) is 4.74 Å². The van der Waals surface area contributed by atoms with Crippen LogP contribution in [0.25, 0.3) is 0 Å². The molecule has 1 saturated heterocycles. The maximum Gasteiger partial charge on any atom is 0.257 e. The van der Waals surface area contributed by atoms with Gasteiger partial charge < -0.3 is 14.5 Å². The molecule has 6 heteroatoms. The fourth-order valence-corrected chi connectivity index (χ4v) is 2.97. The second-order valence-corrected chi connectivity index (χ2v) is 5.85. The van der Waals surface area contributed by atoms with Gasteiger partial charge in [0.25, 0.3) is 5.91 Å². The van der Waals surface area contributed by atoms with E-state index in [1.54, 1.807) is 37.1 Å². The zero-order valence-corrected chi connectivity index (χ0v) is 14.1. The number of carbonyl (C=O) groups excluding carboxylic acids is 2. The highest BCUT2D eigenvalue weighted by atomic mass is 19.1. The largest absolute Gasteiger partial charge is 0.497 e. The first-order valence-electron chi connectivity index (χ1n) is 8.04. The Hall–Kier alpha value is -2.89. The molecule has 1 fully saturated rings. The summed E-state index contributed by atoms with van der Waals surface area (Å²) in [6.45, 7) is 2.33. The quantitative estimate of drug-likeness (QED) is 0.862. The van der Waals surface area contributed by atoms with Crippen LogP contribution in [0, 0.1) is 5.82 Å². The van der Waals surface area contributed by atoms with Crippen LogP contribution in [0.3, 0.4) is 0 Å². The number of nitrogens with zero attached hydrogens (tertiary/aromatic N) is 2. The van der Waals surface area contributed by atoms with E-state index in [0.717, 1.165) is 0 Å². The Kier molecular flexibility index (Phi) is 4.70. The molecule has 25 heavy (non-hydrogen) atoms. The van der Waals surface area contributed by atoms with Gasteiger partial charge in [0.2, 0.25) is 5.91 Å². The van der Waals surface area contributed by atoms with Crippen molar-refractivity contribution >= 4 is 17.5 Å². The van der Waals surface area contributed by atoms with Crippen molar-refractivity contribution in [3.8, 4) is 5.75 Å². The molecular weight excluding hydrogens is 323 g/mol. The Bertz CT molecular complexity index is 809. The van der Waals surface area contributed by atoms with Crippen molar-refractivity contribution in [2.45, 2.75) is 13.0 Å². The summed E-state index contributed by atoms with van der Waals surface area (Å²) in [5.41, 5.74) is 0.700. The Morgan fingerprint density at radius 1 is 1.16 bits per heavy atom. The molecule has 0 bridgehead atoms. The smallest absolute Gasteiger partial charge is 0.257 e. The van der Waals surface area contributed by atoms with Gasteiger partial charge in [0, 0.05) is 24.8 Å². The molecule has 0 N–H and O–H groups in total. The number of hydrogen-bond donors (Lipinski definition) is 0. The molecule has 0 aliphatic carbocycles. The third kappa shape index (κ3) is 3.20. The molecule has 0 aromatic heterocycles. The van der Waals surface area contributed by atoms with Gasteiger partial charge >= 0.3 is 0 Å². The minimum Gasteiger partial charge on any atom is -0.497 e. The molecule has 3 rings (SSSR count). The van der Waals surface area contributed by atoms with E-state index < -0.39 is 17.8 Å². The van der Waals surface area contributed by atoms with Gasteiger partial charge in [-0.1, -0.05) is 18.2 Å². The Labute approximate surface area is 145 Å². The lowest BCUT2D eigenvalue weighted by Crippen LogP contribution is -2.57. The lowest BCUT2D eigenvalue weighted by Gasteiger charge is -2.39. The first kappa shape index (κ1) is 17.0. The van der Waals surface area contributed by atoms with E-state index in [-0.39, 0.29) is 11.5 Å². The highest BCUT2D eigenvalue weighted by Gasteiger charge is 2.36. The zero-order valence-electron chi connectivity index (χ0n) is 14.1. The van der Waals surface area contributed by atoms with Gasteiger partial charge in [-0.15, -0.1) is 0 Å². The first-order chi connectivity index (χ1) is 12.0. The number of anilines is 1. The zero-order chi connectivity index (χ0) is 18.0. The number of carbonyl (C=O) groups is 2. The molecule has 1 atom stereocenters. The summed E-state index contributed by atoms with van der Waals surface area (Å²) in [6.07, 6.45) is 0. The Balaban J connectivity index is 1.82. The second-order valence-electron chi connectivity index (χ2n) is 5.85. The van der Waals surface area contributed by atoms with Gasteiger partial charge in [-0.25, -0.2) is 4.39 Å². The van der Waals surface area contributed by atoms with E-state index in [0.29, 0.717) is 24.5 Å². The summed E-state index contributed by atoms with van der Waals surface area (Å²) >= 11 is 0. The molecule has 0 unspecified atom stereocenters. The van der Waals surface area contributed by atoms with Crippen LogP contribution in [0.2, 0.25) is 0 Å². The van der Waals surface area contributed by atoms with Crippen LogP contribution in [0.1, 0.15) is 17.3 Å². The van der Waals surface area contributed by atoms with E-state index >= 15 is 0 Å². The van der Waals surface area contributed by atoms with Crippen molar-refractivity contribution in [1.29, 1.82) is 0 Å². The summed E-state index contributed by atoms with van der Waals surface area (Å²) in [6, 6.07) is 12.3. The minimum absolute atomic E-state index is 0.0167. The third-order valence-corrected chi connectivity index (χ3v) is 4.39. The van der Waals surface area contributed by atoms with Crippen molar-refractivity contribution in [2.24, 2.45) is 0 Å². The van der Waals surface area contributed by atoms with Crippen molar-refractivity contribution in [1.82, 2.24) is 4.90 Å². The molecule has 2 aromatic rings. The van der Waals surface area contributed by atoms with Crippen LogP contribution in [0.5, 0.6) is 5.75 Å². The van der Waals surface area contributed by atoms with E-state index in [9.17, 15) is 14.0 Å². The number of halogens is 1. The fourth-order valence-electron chi connectivity index (χ4n) is 2.97. The molecular formula is C19H19FN2O3. The standard InChI is InChI=1S/C19H19FN2O3/c1-13-18(23)22(14-6-5-7-15(12-14)25-2)11-10-21(13)19(24)16-8-3-4-9-17(16)20/h3-9,12-13H,10-11H2,1-2H3/t13-/m0/s1. The number of ether oxygens (including phenoxy) is 1. The minimum atomic E-state index is -0.674. The van der Waals surface area contributed by atoms with E-state index in [2.05, 4.69) is 0 Å².